The highest BCUT2D eigenvalue weighted by Gasteiger charge is 2.26. The van der Waals surface area contributed by atoms with Crippen molar-refractivity contribution in [1.29, 1.82) is 0 Å². The fraction of sp³-hybridized carbons (Fsp3) is 0.286. The molecule has 1 aromatic carbocycles. The number of hydrogen-bond acceptors (Lipinski definition) is 8. The molecule has 0 spiro atoms. The number of ether oxygens (including phenoxy) is 1. The van der Waals surface area contributed by atoms with Crippen LogP contribution in [0.4, 0.5) is 5.13 Å². The lowest BCUT2D eigenvalue weighted by Gasteiger charge is -2.34. The van der Waals surface area contributed by atoms with Crippen molar-refractivity contribution >= 4 is 32.7 Å². The van der Waals surface area contributed by atoms with Crippen molar-refractivity contribution in [2.24, 2.45) is 0 Å². The highest BCUT2D eigenvalue weighted by atomic mass is 32.1. The van der Waals surface area contributed by atoms with Crippen LogP contribution in [-0.2, 0) is 0 Å². The second-order valence-corrected chi connectivity index (χ2v) is 8.19. The van der Waals surface area contributed by atoms with Gasteiger partial charge in [-0.05, 0) is 31.2 Å². The molecule has 0 saturated carbocycles. The normalized spacial score (nSPS) is 14.3. The molecule has 0 radical (unpaired) electrons. The number of piperazine rings is 1. The Morgan fingerprint density at radius 2 is 1.87 bits per heavy atom. The summed E-state index contributed by atoms with van der Waals surface area (Å²) in [6.45, 7) is 4.68. The van der Waals surface area contributed by atoms with Crippen LogP contribution in [0.1, 0.15) is 16.2 Å². The lowest BCUT2D eigenvalue weighted by Crippen LogP contribution is -2.49. The standard InChI is InChI=1S/C21H21N7O2S/c1-14-18-19(28(25-14)15-3-5-16(30-2)6-4-15)24-21(31-18)27-11-9-26(10-12-27)20(29)17-13-22-7-8-23-17/h3-8,13H,9-12H2,1-2H3. The van der Waals surface area contributed by atoms with Gasteiger partial charge in [-0.2, -0.15) is 10.1 Å². The Balaban J connectivity index is 1.35. The Labute approximate surface area is 182 Å². The van der Waals surface area contributed by atoms with Crippen molar-refractivity contribution in [1.82, 2.24) is 29.6 Å². The van der Waals surface area contributed by atoms with Crippen LogP contribution in [0.2, 0.25) is 0 Å². The number of rotatable bonds is 4. The molecule has 0 bridgehead atoms. The van der Waals surface area contributed by atoms with Gasteiger partial charge in [0.15, 0.2) is 10.8 Å². The lowest BCUT2D eigenvalue weighted by atomic mass is 10.3. The third kappa shape index (κ3) is 3.59. The average Bonchev–Trinajstić information content (AvgIpc) is 3.40. The van der Waals surface area contributed by atoms with Crippen LogP contribution >= 0.6 is 11.3 Å². The van der Waals surface area contributed by atoms with Gasteiger partial charge in [-0.15, -0.1) is 0 Å². The van der Waals surface area contributed by atoms with Gasteiger partial charge in [0.25, 0.3) is 5.91 Å². The Hall–Kier alpha value is -3.53. The molecular weight excluding hydrogens is 414 g/mol. The summed E-state index contributed by atoms with van der Waals surface area (Å²) in [6.07, 6.45) is 4.62. The van der Waals surface area contributed by atoms with Crippen LogP contribution in [-0.4, -0.2) is 68.8 Å². The van der Waals surface area contributed by atoms with Crippen LogP contribution in [0.25, 0.3) is 16.0 Å². The maximum Gasteiger partial charge on any atom is 0.274 e. The van der Waals surface area contributed by atoms with Gasteiger partial charge in [0.1, 0.15) is 11.4 Å². The molecule has 1 amide bonds. The first-order chi connectivity index (χ1) is 15.1. The number of carbonyl (C=O) groups excluding carboxylic acids is 1. The minimum atomic E-state index is -0.0805. The predicted molar refractivity (Wildman–Crippen MR) is 118 cm³/mol. The van der Waals surface area contributed by atoms with E-state index in [0.717, 1.165) is 45.7 Å². The van der Waals surface area contributed by atoms with Crippen LogP contribution in [0.3, 0.4) is 0 Å². The molecule has 1 fully saturated rings. The quantitative estimate of drug-likeness (QED) is 0.487. The molecule has 1 aliphatic rings. The van der Waals surface area contributed by atoms with E-state index in [1.165, 1.54) is 6.20 Å². The largest absolute Gasteiger partial charge is 0.497 e. The maximum absolute atomic E-state index is 12.6. The zero-order valence-electron chi connectivity index (χ0n) is 17.2. The Morgan fingerprint density at radius 3 is 2.55 bits per heavy atom. The van der Waals surface area contributed by atoms with E-state index in [9.17, 15) is 4.79 Å². The second kappa shape index (κ2) is 7.95. The Bertz CT molecular complexity index is 1210. The average molecular weight is 436 g/mol. The zero-order valence-corrected chi connectivity index (χ0v) is 18.0. The first-order valence-corrected chi connectivity index (χ1v) is 10.8. The zero-order chi connectivity index (χ0) is 21.4. The van der Waals surface area contributed by atoms with Gasteiger partial charge in [0, 0.05) is 38.6 Å². The number of thiazole rings is 1. The van der Waals surface area contributed by atoms with Crippen molar-refractivity contribution in [3.63, 3.8) is 0 Å². The smallest absolute Gasteiger partial charge is 0.274 e. The maximum atomic E-state index is 12.6. The van der Waals surface area contributed by atoms with Gasteiger partial charge in [-0.25, -0.2) is 9.67 Å². The fourth-order valence-electron chi connectivity index (χ4n) is 3.63. The molecule has 0 aliphatic carbocycles. The number of hydrogen-bond donors (Lipinski definition) is 0. The van der Waals surface area contributed by atoms with E-state index in [0.29, 0.717) is 18.8 Å². The molecule has 158 valence electrons. The summed E-state index contributed by atoms with van der Waals surface area (Å²) >= 11 is 1.64. The molecule has 10 heteroatoms. The first kappa shape index (κ1) is 19.4. The molecule has 4 heterocycles. The number of nitrogens with zero attached hydrogens (tertiary/aromatic N) is 7. The first-order valence-electron chi connectivity index (χ1n) is 9.95. The Morgan fingerprint density at radius 1 is 1.10 bits per heavy atom. The van der Waals surface area contributed by atoms with Gasteiger partial charge in [0.2, 0.25) is 0 Å². The number of carbonyl (C=O) groups is 1. The molecule has 3 aromatic heterocycles. The third-order valence-corrected chi connectivity index (χ3v) is 6.53. The number of amides is 1. The summed E-state index contributed by atoms with van der Waals surface area (Å²) in [5, 5.41) is 5.62. The molecule has 0 N–H and O–H groups in total. The van der Waals surface area contributed by atoms with Crippen molar-refractivity contribution in [3.8, 4) is 11.4 Å². The number of anilines is 1. The van der Waals surface area contributed by atoms with Gasteiger partial charge >= 0.3 is 0 Å². The number of aryl methyl sites for hydroxylation is 1. The van der Waals surface area contributed by atoms with Crippen molar-refractivity contribution in [2.45, 2.75) is 6.92 Å². The van der Waals surface area contributed by atoms with Crippen LogP contribution < -0.4 is 9.64 Å². The minimum Gasteiger partial charge on any atom is -0.497 e. The van der Waals surface area contributed by atoms with E-state index >= 15 is 0 Å². The summed E-state index contributed by atoms with van der Waals surface area (Å²) in [6, 6.07) is 7.78. The fourth-order valence-corrected chi connectivity index (χ4v) is 4.67. The van der Waals surface area contributed by atoms with Gasteiger partial charge in [-0.3, -0.25) is 9.78 Å². The highest BCUT2D eigenvalue weighted by Crippen LogP contribution is 2.33. The van der Waals surface area contributed by atoms with Crippen LogP contribution in [0, 0.1) is 6.92 Å². The monoisotopic (exact) mass is 435 g/mol. The summed E-state index contributed by atoms with van der Waals surface area (Å²) in [5.74, 6) is 0.722. The molecule has 4 aromatic rings. The van der Waals surface area contributed by atoms with Crippen LogP contribution in [0.15, 0.2) is 42.9 Å². The van der Waals surface area contributed by atoms with Crippen molar-refractivity contribution in [2.75, 3.05) is 38.2 Å². The highest BCUT2D eigenvalue weighted by molar-refractivity contribution is 7.22. The topological polar surface area (TPSA) is 89.3 Å². The summed E-state index contributed by atoms with van der Waals surface area (Å²) in [4.78, 5) is 29.6. The summed E-state index contributed by atoms with van der Waals surface area (Å²) < 4.78 is 8.20. The molecule has 1 saturated heterocycles. The Kier molecular flexibility index (Phi) is 4.99. The van der Waals surface area contributed by atoms with E-state index in [1.54, 1.807) is 30.8 Å². The third-order valence-electron chi connectivity index (χ3n) is 5.31. The number of fused-ring (bicyclic) bond motifs is 1. The molecular formula is C21H21N7O2S. The molecule has 0 unspecified atom stereocenters. The van der Waals surface area contributed by atoms with E-state index < -0.39 is 0 Å². The minimum absolute atomic E-state index is 0.0805. The second-order valence-electron chi connectivity index (χ2n) is 7.21. The van der Waals surface area contributed by atoms with Gasteiger partial charge in [0.05, 0.1) is 29.4 Å². The molecule has 31 heavy (non-hydrogen) atoms. The van der Waals surface area contributed by atoms with E-state index in [1.807, 2.05) is 40.8 Å². The number of methoxy groups -OCH3 is 1. The number of benzene rings is 1. The molecule has 9 nitrogen and oxygen atoms in total. The van der Waals surface area contributed by atoms with Crippen LogP contribution in [0.5, 0.6) is 5.75 Å². The van der Waals surface area contributed by atoms with Crippen molar-refractivity contribution < 1.29 is 9.53 Å². The molecule has 0 atom stereocenters. The van der Waals surface area contributed by atoms with E-state index in [4.69, 9.17) is 9.72 Å². The molecule has 5 rings (SSSR count). The van der Waals surface area contributed by atoms with Crippen molar-refractivity contribution in [3.05, 3.63) is 54.2 Å². The SMILES string of the molecule is COc1ccc(-n2nc(C)c3sc(N4CCN(C(=O)c5cnccn5)CC4)nc32)cc1. The van der Waals surface area contributed by atoms with E-state index in [2.05, 4.69) is 20.0 Å². The molecule has 1 aliphatic heterocycles. The van der Waals surface area contributed by atoms with Gasteiger partial charge in [-0.1, -0.05) is 11.3 Å². The predicted octanol–water partition coefficient (Wildman–Crippen LogP) is 2.55. The summed E-state index contributed by atoms with van der Waals surface area (Å²) in [7, 11) is 1.65. The van der Waals surface area contributed by atoms with E-state index in [-0.39, 0.29) is 5.91 Å². The summed E-state index contributed by atoms with van der Waals surface area (Å²) in [5.41, 5.74) is 3.12. The van der Waals surface area contributed by atoms with Gasteiger partial charge < -0.3 is 14.5 Å². The lowest BCUT2D eigenvalue weighted by molar-refractivity contribution is 0.0740. The number of aromatic nitrogens is 5.